The van der Waals surface area contributed by atoms with E-state index in [-0.39, 0.29) is 34.5 Å². The maximum absolute atomic E-state index is 12.4. The Balaban J connectivity index is 2.50. The highest BCUT2D eigenvalue weighted by atomic mass is 16.6. The number of rotatable bonds is 5. The molecule has 7 nitrogen and oxygen atoms in total. The van der Waals surface area contributed by atoms with Gasteiger partial charge in [-0.1, -0.05) is 6.07 Å². The molecule has 0 aliphatic rings. The summed E-state index contributed by atoms with van der Waals surface area (Å²) in [4.78, 5) is 33.4. The van der Waals surface area contributed by atoms with Crippen molar-refractivity contribution in [2.45, 2.75) is 25.8 Å². The topological polar surface area (TPSA) is 102 Å². The third kappa shape index (κ3) is 2.91. The molecule has 110 valence electrons. The highest BCUT2D eigenvalue weighted by Crippen LogP contribution is 2.23. The van der Waals surface area contributed by atoms with Crippen LogP contribution in [0.2, 0.25) is 0 Å². The van der Waals surface area contributed by atoms with Crippen LogP contribution in [0.5, 0.6) is 0 Å². The van der Waals surface area contributed by atoms with Crippen molar-refractivity contribution >= 4 is 22.4 Å². The Morgan fingerprint density at radius 1 is 1.38 bits per heavy atom. The van der Waals surface area contributed by atoms with E-state index in [2.05, 4.69) is 0 Å². The van der Waals surface area contributed by atoms with Crippen LogP contribution in [0, 0.1) is 10.1 Å². The second-order valence-corrected chi connectivity index (χ2v) is 4.81. The number of hydrogen-bond acceptors (Lipinski definition) is 4. The van der Waals surface area contributed by atoms with Crippen molar-refractivity contribution < 1.29 is 14.8 Å². The molecule has 0 saturated heterocycles. The molecule has 2 rings (SSSR count). The van der Waals surface area contributed by atoms with Gasteiger partial charge in [-0.15, -0.1) is 0 Å². The van der Waals surface area contributed by atoms with E-state index in [1.165, 1.54) is 35.0 Å². The van der Waals surface area contributed by atoms with Crippen LogP contribution in [0.1, 0.15) is 25.8 Å². The lowest BCUT2D eigenvalue weighted by Gasteiger charge is -2.14. The fourth-order valence-electron chi connectivity index (χ4n) is 2.25. The second kappa shape index (κ2) is 5.74. The zero-order chi connectivity index (χ0) is 15.6. The molecule has 0 amide bonds. The molecule has 0 bridgehead atoms. The van der Waals surface area contributed by atoms with Crippen LogP contribution in [0.4, 0.5) is 5.69 Å². The van der Waals surface area contributed by atoms with Gasteiger partial charge in [-0.3, -0.25) is 19.7 Å². The van der Waals surface area contributed by atoms with Crippen molar-refractivity contribution in [3.05, 3.63) is 50.9 Å². The first-order valence-electron chi connectivity index (χ1n) is 6.42. The lowest BCUT2D eigenvalue weighted by Crippen LogP contribution is -2.23. The van der Waals surface area contributed by atoms with Gasteiger partial charge in [0, 0.05) is 24.7 Å². The van der Waals surface area contributed by atoms with Crippen LogP contribution in [-0.2, 0) is 4.79 Å². The predicted octanol–water partition coefficient (Wildman–Crippen LogP) is 2.34. The Bertz CT molecular complexity index is 766. The summed E-state index contributed by atoms with van der Waals surface area (Å²) in [6.07, 6.45) is 1.75. The number of nitro groups is 1. The van der Waals surface area contributed by atoms with Crippen LogP contribution in [0.15, 0.2) is 35.3 Å². The van der Waals surface area contributed by atoms with Crippen molar-refractivity contribution in [3.63, 3.8) is 0 Å². The second-order valence-electron chi connectivity index (χ2n) is 4.81. The molecule has 0 aliphatic carbocycles. The van der Waals surface area contributed by atoms with E-state index >= 15 is 0 Å². The molecule has 0 radical (unpaired) electrons. The number of carbonyl (C=O) groups is 1. The Hall–Kier alpha value is -2.70. The van der Waals surface area contributed by atoms with Gasteiger partial charge in [-0.25, -0.2) is 0 Å². The average Bonchev–Trinajstić information content (AvgIpc) is 2.44. The summed E-state index contributed by atoms with van der Waals surface area (Å²) in [6, 6.07) is 5.57. The molecule has 1 heterocycles. The first kappa shape index (κ1) is 14.7. The number of aliphatic carboxylic acids is 1. The van der Waals surface area contributed by atoms with Gasteiger partial charge < -0.3 is 9.67 Å². The first-order chi connectivity index (χ1) is 9.91. The molecule has 1 N–H and O–H groups in total. The minimum absolute atomic E-state index is 0.0411. The van der Waals surface area contributed by atoms with Gasteiger partial charge in [0.15, 0.2) is 0 Å². The molecule has 0 fully saturated rings. The van der Waals surface area contributed by atoms with Crippen molar-refractivity contribution in [2.75, 3.05) is 0 Å². The maximum Gasteiger partial charge on any atom is 0.303 e. The number of hydrogen-bond donors (Lipinski definition) is 1. The van der Waals surface area contributed by atoms with Crippen molar-refractivity contribution in [1.29, 1.82) is 0 Å². The average molecular weight is 290 g/mol. The minimum atomic E-state index is -0.925. The Labute approximate surface area is 119 Å². The van der Waals surface area contributed by atoms with Gasteiger partial charge in [-0.05, 0) is 25.5 Å². The first-order valence-corrected chi connectivity index (χ1v) is 6.42. The fourth-order valence-corrected chi connectivity index (χ4v) is 2.25. The molecular formula is C14H14N2O5. The van der Waals surface area contributed by atoms with Crippen molar-refractivity contribution in [1.82, 2.24) is 4.57 Å². The molecule has 0 saturated carbocycles. The number of non-ortho nitro benzene ring substituents is 1. The van der Waals surface area contributed by atoms with Crippen LogP contribution < -0.4 is 5.56 Å². The van der Waals surface area contributed by atoms with E-state index in [0.717, 1.165) is 0 Å². The number of pyridine rings is 1. The van der Waals surface area contributed by atoms with Gasteiger partial charge in [0.1, 0.15) is 0 Å². The Morgan fingerprint density at radius 2 is 2.10 bits per heavy atom. The van der Waals surface area contributed by atoms with Crippen LogP contribution in [0.3, 0.4) is 0 Å². The Morgan fingerprint density at radius 3 is 2.71 bits per heavy atom. The standard InChI is InChI=1S/C14H14N2O5/c1-9(5-6-13(17)18)15-8-7-10-11(14(15)19)3-2-4-12(10)16(20)21/h2-4,7-9H,5-6H2,1H3,(H,17,18)/t9-/m1/s1. The largest absolute Gasteiger partial charge is 0.481 e. The van der Waals surface area contributed by atoms with Crippen molar-refractivity contribution in [3.8, 4) is 0 Å². The molecule has 21 heavy (non-hydrogen) atoms. The van der Waals surface area contributed by atoms with Gasteiger partial charge in [-0.2, -0.15) is 0 Å². The van der Waals surface area contributed by atoms with E-state index in [0.29, 0.717) is 6.42 Å². The summed E-state index contributed by atoms with van der Waals surface area (Å²) in [6.45, 7) is 1.74. The molecule has 1 aromatic carbocycles. The number of nitrogens with zero attached hydrogens (tertiary/aromatic N) is 2. The van der Waals surface area contributed by atoms with E-state index in [9.17, 15) is 19.7 Å². The molecule has 0 aliphatic heterocycles. The summed E-state index contributed by atoms with van der Waals surface area (Å²) >= 11 is 0. The molecule has 7 heteroatoms. The zero-order valence-corrected chi connectivity index (χ0v) is 11.4. The number of benzene rings is 1. The van der Waals surface area contributed by atoms with E-state index in [4.69, 9.17) is 5.11 Å². The summed E-state index contributed by atoms with van der Waals surface area (Å²) in [5.74, 6) is -0.925. The minimum Gasteiger partial charge on any atom is -0.481 e. The monoisotopic (exact) mass is 290 g/mol. The maximum atomic E-state index is 12.4. The molecule has 2 aromatic rings. The van der Waals surface area contributed by atoms with Gasteiger partial charge in [0.25, 0.3) is 11.2 Å². The van der Waals surface area contributed by atoms with E-state index < -0.39 is 10.9 Å². The number of carboxylic acids is 1. The lowest BCUT2D eigenvalue weighted by atomic mass is 10.1. The number of nitro benzene ring substituents is 1. The number of carboxylic acid groups (broad SMARTS) is 1. The zero-order valence-electron chi connectivity index (χ0n) is 11.4. The highest BCUT2D eigenvalue weighted by Gasteiger charge is 2.16. The third-order valence-corrected chi connectivity index (χ3v) is 3.40. The van der Waals surface area contributed by atoms with Gasteiger partial charge in [0.2, 0.25) is 0 Å². The molecule has 1 atom stereocenters. The van der Waals surface area contributed by atoms with Gasteiger partial charge in [0.05, 0.1) is 15.7 Å². The van der Waals surface area contributed by atoms with Crippen LogP contribution in [0.25, 0.3) is 10.8 Å². The summed E-state index contributed by atoms with van der Waals surface area (Å²) in [5, 5.41) is 20.2. The van der Waals surface area contributed by atoms with E-state index in [1.54, 1.807) is 6.92 Å². The SMILES string of the molecule is C[C@H](CCC(=O)O)n1ccc2c([N+](=O)[O-])cccc2c1=O. The number of aromatic nitrogens is 1. The van der Waals surface area contributed by atoms with E-state index in [1.807, 2.05) is 0 Å². The normalized spacial score (nSPS) is 12.2. The summed E-state index contributed by atoms with van der Waals surface area (Å²) in [7, 11) is 0. The fraction of sp³-hybridized carbons (Fsp3) is 0.286. The molecule has 0 spiro atoms. The molecular weight excluding hydrogens is 276 g/mol. The predicted molar refractivity (Wildman–Crippen MR) is 76.4 cm³/mol. The molecule has 0 unspecified atom stereocenters. The quantitative estimate of drug-likeness (QED) is 0.672. The number of fused-ring (bicyclic) bond motifs is 1. The Kier molecular flexibility index (Phi) is 4.02. The highest BCUT2D eigenvalue weighted by molar-refractivity contribution is 5.89. The van der Waals surface area contributed by atoms with Crippen LogP contribution >= 0.6 is 0 Å². The van der Waals surface area contributed by atoms with Gasteiger partial charge >= 0.3 is 5.97 Å². The van der Waals surface area contributed by atoms with Crippen molar-refractivity contribution in [2.24, 2.45) is 0 Å². The van der Waals surface area contributed by atoms with Crippen LogP contribution in [-0.4, -0.2) is 20.6 Å². The third-order valence-electron chi connectivity index (χ3n) is 3.40. The molecule has 1 aromatic heterocycles. The lowest BCUT2D eigenvalue weighted by molar-refractivity contribution is -0.383. The smallest absolute Gasteiger partial charge is 0.303 e. The summed E-state index contributed by atoms with van der Waals surface area (Å²) in [5.41, 5.74) is -0.468. The summed E-state index contributed by atoms with van der Waals surface area (Å²) < 4.78 is 1.41.